The van der Waals surface area contributed by atoms with Gasteiger partial charge in [-0.2, -0.15) is 0 Å². The van der Waals surface area contributed by atoms with Crippen LogP contribution in [-0.4, -0.2) is 58.3 Å². The Morgan fingerprint density at radius 3 is 2.38 bits per heavy atom. The van der Waals surface area contributed by atoms with Gasteiger partial charge < -0.3 is 10.0 Å². The summed E-state index contributed by atoms with van der Waals surface area (Å²) < 4.78 is 0. The maximum Gasteiger partial charge on any atom is 0.135 e. The van der Waals surface area contributed by atoms with Gasteiger partial charge in [-0.3, -0.25) is 4.90 Å². The van der Waals surface area contributed by atoms with Crippen LogP contribution in [-0.2, 0) is 0 Å². The van der Waals surface area contributed by atoms with Gasteiger partial charge in [0.15, 0.2) is 0 Å². The Balaban J connectivity index is 1.37. The molecule has 0 bridgehead atoms. The SMILES string of the molecule is Cc1ncnc(N2CC3CN(CC4(O)CCCCC4)CC3C2)c1C. The topological polar surface area (TPSA) is 52.5 Å². The van der Waals surface area contributed by atoms with Crippen molar-refractivity contribution in [1.82, 2.24) is 14.9 Å². The van der Waals surface area contributed by atoms with Crippen molar-refractivity contribution in [2.45, 2.75) is 51.6 Å². The summed E-state index contributed by atoms with van der Waals surface area (Å²) in [4.78, 5) is 13.8. The zero-order valence-electron chi connectivity index (χ0n) is 15.0. The minimum atomic E-state index is -0.420. The number of hydrogen-bond donors (Lipinski definition) is 1. The number of nitrogens with zero attached hydrogens (tertiary/aromatic N) is 4. The summed E-state index contributed by atoms with van der Waals surface area (Å²) in [5.74, 6) is 2.55. The zero-order chi connectivity index (χ0) is 16.7. The molecule has 132 valence electrons. The Kier molecular flexibility index (Phi) is 4.25. The molecule has 24 heavy (non-hydrogen) atoms. The zero-order valence-corrected chi connectivity index (χ0v) is 15.0. The molecule has 1 aromatic heterocycles. The van der Waals surface area contributed by atoms with E-state index in [-0.39, 0.29) is 0 Å². The highest BCUT2D eigenvalue weighted by Gasteiger charge is 2.43. The summed E-state index contributed by atoms with van der Waals surface area (Å²) in [6.45, 7) is 9.52. The number of likely N-dealkylation sites (tertiary alicyclic amines) is 1. The molecule has 2 aliphatic heterocycles. The third kappa shape index (κ3) is 3.04. The van der Waals surface area contributed by atoms with Crippen molar-refractivity contribution in [3.05, 3.63) is 17.6 Å². The number of hydrogen-bond acceptors (Lipinski definition) is 5. The quantitative estimate of drug-likeness (QED) is 0.920. The van der Waals surface area contributed by atoms with Gasteiger partial charge in [-0.05, 0) is 38.5 Å². The Morgan fingerprint density at radius 2 is 1.71 bits per heavy atom. The molecule has 1 N–H and O–H groups in total. The van der Waals surface area contributed by atoms with Crippen LogP contribution in [0.2, 0.25) is 0 Å². The van der Waals surface area contributed by atoms with Crippen molar-refractivity contribution in [2.75, 3.05) is 37.6 Å². The highest BCUT2D eigenvalue weighted by atomic mass is 16.3. The minimum absolute atomic E-state index is 0.420. The second-order valence-electron chi connectivity index (χ2n) is 8.31. The maximum atomic E-state index is 10.8. The van der Waals surface area contributed by atoms with E-state index in [9.17, 15) is 5.11 Å². The summed E-state index contributed by atoms with van der Waals surface area (Å²) >= 11 is 0. The summed E-state index contributed by atoms with van der Waals surface area (Å²) in [5, 5.41) is 10.8. The average Bonchev–Trinajstić information content (AvgIpc) is 3.08. The Bertz CT molecular complexity index is 585. The molecule has 2 unspecified atom stereocenters. The van der Waals surface area contributed by atoms with Gasteiger partial charge >= 0.3 is 0 Å². The number of aryl methyl sites for hydroxylation is 1. The van der Waals surface area contributed by atoms with Gasteiger partial charge in [-0.25, -0.2) is 9.97 Å². The van der Waals surface area contributed by atoms with Gasteiger partial charge in [0.2, 0.25) is 0 Å². The van der Waals surface area contributed by atoms with Crippen molar-refractivity contribution in [3.63, 3.8) is 0 Å². The molecule has 2 saturated heterocycles. The average molecular weight is 330 g/mol. The van der Waals surface area contributed by atoms with Gasteiger partial charge in [0.1, 0.15) is 12.1 Å². The molecule has 1 aliphatic carbocycles. The van der Waals surface area contributed by atoms with Crippen LogP contribution in [0.1, 0.15) is 43.4 Å². The summed E-state index contributed by atoms with van der Waals surface area (Å²) in [7, 11) is 0. The highest BCUT2D eigenvalue weighted by molar-refractivity contribution is 5.48. The van der Waals surface area contributed by atoms with Crippen molar-refractivity contribution >= 4 is 5.82 Å². The first kappa shape index (κ1) is 16.3. The fraction of sp³-hybridized carbons (Fsp3) is 0.789. The van der Waals surface area contributed by atoms with Gasteiger partial charge in [-0.1, -0.05) is 19.3 Å². The number of aliphatic hydroxyl groups is 1. The fourth-order valence-electron chi connectivity index (χ4n) is 5.02. The smallest absolute Gasteiger partial charge is 0.135 e. The molecule has 4 rings (SSSR count). The van der Waals surface area contributed by atoms with Crippen molar-refractivity contribution < 1.29 is 5.11 Å². The Labute approximate surface area is 145 Å². The van der Waals surface area contributed by atoms with Crippen LogP contribution in [0.3, 0.4) is 0 Å². The van der Waals surface area contributed by atoms with Crippen LogP contribution >= 0.6 is 0 Å². The van der Waals surface area contributed by atoms with Gasteiger partial charge in [0.25, 0.3) is 0 Å². The summed E-state index contributed by atoms with van der Waals surface area (Å²) in [5.41, 5.74) is 1.88. The number of fused-ring (bicyclic) bond motifs is 1. The molecule has 5 heteroatoms. The lowest BCUT2D eigenvalue weighted by atomic mass is 9.84. The number of β-amino-alcohol motifs (C(OH)–C–C–N with tert-alkyl or cyclic N) is 1. The van der Waals surface area contributed by atoms with E-state index >= 15 is 0 Å². The van der Waals surface area contributed by atoms with Gasteiger partial charge in [0, 0.05) is 44.0 Å². The van der Waals surface area contributed by atoms with Crippen molar-refractivity contribution in [3.8, 4) is 0 Å². The molecule has 0 aromatic carbocycles. The Hall–Kier alpha value is -1.20. The second kappa shape index (κ2) is 6.26. The predicted molar refractivity (Wildman–Crippen MR) is 95.2 cm³/mol. The molecule has 3 heterocycles. The molecule has 1 saturated carbocycles. The van der Waals surface area contributed by atoms with Crippen molar-refractivity contribution in [1.29, 1.82) is 0 Å². The molecule has 5 nitrogen and oxygen atoms in total. The number of rotatable bonds is 3. The molecule has 0 radical (unpaired) electrons. The molecule has 0 amide bonds. The third-order valence-electron chi connectivity index (χ3n) is 6.47. The molecular weight excluding hydrogens is 300 g/mol. The summed E-state index contributed by atoms with van der Waals surface area (Å²) in [6.07, 6.45) is 7.35. The predicted octanol–water partition coefficient (Wildman–Crippen LogP) is 2.16. The van der Waals surface area contributed by atoms with Crippen LogP contribution < -0.4 is 4.90 Å². The summed E-state index contributed by atoms with van der Waals surface area (Å²) in [6, 6.07) is 0. The lowest BCUT2D eigenvalue weighted by molar-refractivity contribution is -0.0226. The maximum absolute atomic E-state index is 10.8. The van der Waals surface area contributed by atoms with E-state index in [1.807, 2.05) is 0 Å². The molecule has 3 fully saturated rings. The van der Waals surface area contributed by atoms with Crippen LogP contribution in [0.15, 0.2) is 6.33 Å². The van der Waals surface area contributed by atoms with Gasteiger partial charge in [0.05, 0.1) is 5.60 Å². The van der Waals surface area contributed by atoms with Gasteiger partial charge in [-0.15, -0.1) is 0 Å². The standard InChI is InChI=1S/C19H30N4O/c1-14-15(2)20-13-21-18(14)23-10-16-8-22(9-17(16)11-23)12-19(24)6-4-3-5-7-19/h13,16-17,24H,3-12H2,1-2H3. The second-order valence-corrected chi connectivity index (χ2v) is 8.31. The molecule has 3 aliphatic rings. The van der Waals surface area contributed by atoms with E-state index in [0.717, 1.165) is 57.1 Å². The lowest BCUT2D eigenvalue weighted by Gasteiger charge is -2.36. The fourth-order valence-corrected chi connectivity index (χ4v) is 5.02. The largest absolute Gasteiger partial charge is 0.389 e. The molecule has 1 aromatic rings. The lowest BCUT2D eigenvalue weighted by Crippen LogP contribution is -2.44. The van der Waals surface area contributed by atoms with E-state index in [0.29, 0.717) is 11.8 Å². The molecule has 0 spiro atoms. The first-order valence-electron chi connectivity index (χ1n) is 9.52. The molecule has 2 atom stereocenters. The van der Waals surface area contributed by atoms with E-state index < -0.39 is 5.60 Å². The van der Waals surface area contributed by atoms with E-state index in [1.54, 1.807) is 6.33 Å². The molecular formula is C19H30N4O. The monoisotopic (exact) mass is 330 g/mol. The highest BCUT2D eigenvalue weighted by Crippen LogP contribution is 2.36. The van der Waals surface area contributed by atoms with E-state index in [4.69, 9.17) is 0 Å². The first-order chi connectivity index (χ1) is 11.5. The minimum Gasteiger partial charge on any atom is -0.389 e. The number of aromatic nitrogens is 2. The number of anilines is 1. The first-order valence-corrected chi connectivity index (χ1v) is 9.52. The normalized spacial score (nSPS) is 29.9. The van der Waals surface area contributed by atoms with E-state index in [1.165, 1.54) is 24.8 Å². The Morgan fingerprint density at radius 1 is 1.04 bits per heavy atom. The van der Waals surface area contributed by atoms with Crippen molar-refractivity contribution in [2.24, 2.45) is 11.8 Å². The van der Waals surface area contributed by atoms with E-state index in [2.05, 4.69) is 33.6 Å². The van der Waals surface area contributed by atoms with Crippen LogP contribution in [0.4, 0.5) is 5.82 Å². The third-order valence-corrected chi connectivity index (χ3v) is 6.47. The van der Waals surface area contributed by atoms with Crippen LogP contribution in [0.25, 0.3) is 0 Å². The van der Waals surface area contributed by atoms with Crippen LogP contribution in [0.5, 0.6) is 0 Å². The van der Waals surface area contributed by atoms with Crippen LogP contribution in [0, 0.1) is 25.7 Å².